The smallest absolute Gasteiger partial charge is 0.279 e. The van der Waals surface area contributed by atoms with E-state index in [1.807, 2.05) is 0 Å². The summed E-state index contributed by atoms with van der Waals surface area (Å²) in [5, 5.41) is 11.8. The van der Waals surface area contributed by atoms with Crippen molar-refractivity contribution in [3.05, 3.63) is 73.8 Å². The van der Waals surface area contributed by atoms with Crippen LogP contribution in [0.2, 0.25) is 0 Å². The van der Waals surface area contributed by atoms with Gasteiger partial charge < -0.3 is 5.11 Å². The van der Waals surface area contributed by atoms with E-state index in [0.717, 1.165) is 11.3 Å². The lowest BCUT2D eigenvalue weighted by atomic mass is 10.1. The number of aromatic nitrogens is 1. The number of carbonyl (C=O) groups is 1. The van der Waals surface area contributed by atoms with Gasteiger partial charge in [-0.2, -0.15) is 0 Å². The summed E-state index contributed by atoms with van der Waals surface area (Å²) in [4.78, 5) is 16.6. The van der Waals surface area contributed by atoms with Crippen LogP contribution < -0.4 is 10.6 Å². The SMILES string of the molecule is O=C1N=c2ccccc2=C1c1sc(=S)n(-c2ccccc2F)c1O. The van der Waals surface area contributed by atoms with Crippen molar-refractivity contribution < 1.29 is 14.3 Å². The van der Waals surface area contributed by atoms with E-state index in [-0.39, 0.29) is 21.1 Å². The minimum Gasteiger partial charge on any atom is -0.493 e. The molecule has 0 fully saturated rings. The number of fused-ring (bicyclic) bond motifs is 1. The molecule has 1 amide bonds. The molecule has 118 valence electrons. The fourth-order valence-electron chi connectivity index (χ4n) is 2.66. The van der Waals surface area contributed by atoms with Crippen LogP contribution in [-0.2, 0) is 4.79 Å². The van der Waals surface area contributed by atoms with Crippen molar-refractivity contribution in [1.29, 1.82) is 0 Å². The Balaban J connectivity index is 2.04. The number of para-hydroxylation sites is 2. The second kappa shape index (κ2) is 5.47. The van der Waals surface area contributed by atoms with Crippen LogP contribution in [0.15, 0.2) is 53.5 Å². The molecule has 2 aromatic carbocycles. The standard InChI is InChI=1S/C17H9FN2O2S2/c18-10-6-2-4-8-12(10)20-16(22)14(24-17(20)23)13-9-5-1-3-7-11(9)19-15(13)21/h1-8,22H. The molecule has 1 aliphatic heterocycles. The largest absolute Gasteiger partial charge is 0.493 e. The maximum atomic E-state index is 14.1. The molecule has 0 saturated carbocycles. The number of hydrogen-bond donors (Lipinski definition) is 1. The molecule has 0 unspecified atom stereocenters. The van der Waals surface area contributed by atoms with E-state index in [2.05, 4.69) is 4.99 Å². The van der Waals surface area contributed by atoms with E-state index < -0.39 is 11.7 Å². The molecule has 0 spiro atoms. The molecule has 4 rings (SSSR count). The summed E-state index contributed by atoms with van der Waals surface area (Å²) < 4.78 is 15.5. The number of carbonyl (C=O) groups excluding carboxylic acids is 1. The first-order valence-electron chi connectivity index (χ1n) is 7.00. The molecule has 0 aliphatic carbocycles. The fraction of sp³-hybridized carbons (Fsp3) is 0. The Labute approximate surface area is 144 Å². The summed E-state index contributed by atoms with van der Waals surface area (Å²) in [5.74, 6) is -1.21. The lowest BCUT2D eigenvalue weighted by Crippen LogP contribution is -2.22. The highest BCUT2D eigenvalue weighted by Gasteiger charge is 2.26. The lowest BCUT2D eigenvalue weighted by Gasteiger charge is -2.06. The zero-order valence-electron chi connectivity index (χ0n) is 12.1. The average molecular weight is 356 g/mol. The predicted octanol–water partition coefficient (Wildman–Crippen LogP) is 2.47. The molecule has 0 bridgehead atoms. The molecule has 1 aromatic heterocycles. The van der Waals surface area contributed by atoms with Crippen molar-refractivity contribution >= 4 is 35.0 Å². The Morgan fingerprint density at radius 1 is 1.12 bits per heavy atom. The van der Waals surface area contributed by atoms with Crippen molar-refractivity contribution in [3.8, 4) is 11.6 Å². The third-order valence-electron chi connectivity index (χ3n) is 3.72. The maximum absolute atomic E-state index is 14.1. The van der Waals surface area contributed by atoms with Gasteiger partial charge in [0.2, 0.25) is 5.88 Å². The van der Waals surface area contributed by atoms with E-state index in [9.17, 15) is 14.3 Å². The number of nitrogens with zero attached hydrogens (tertiary/aromatic N) is 2. The van der Waals surface area contributed by atoms with Gasteiger partial charge in [-0.15, -0.1) is 11.3 Å². The number of aromatic hydroxyl groups is 1. The van der Waals surface area contributed by atoms with Crippen molar-refractivity contribution in [2.24, 2.45) is 4.99 Å². The molecule has 0 atom stereocenters. The summed E-state index contributed by atoms with van der Waals surface area (Å²) in [5.41, 5.74) is 0.424. The summed E-state index contributed by atoms with van der Waals surface area (Å²) in [6, 6.07) is 13.1. The quantitative estimate of drug-likeness (QED) is 0.718. The minimum absolute atomic E-state index is 0.138. The fourth-order valence-corrected chi connectivity index (χ4v) is 4.02. The Bertz CT molecular complexity index is 1180. The average Bonchev–Trinajstić information content (AvgIpc) is 3.04. The molecule has 4 nitrogen and oxygen atoms in total. The van der Waals surface area contributed by atoms with E-state index in [0.29, 0.717) is 15.5 Å². The Morgan fingerprint density at radius 2 is 1.83 bits per heavy atom. The maximum Gasteiger partial charge on any atom is 0.279 e. The third kappa shape index (κ3) is 2.13. The van der Waals surface area contributed by atoms with Gasteiger partial charge in [0.1, 0.15) is 10.7 Å². The number of thiazole rings is 1. The lowest BCUT2D eigenvalue weighted by molar-refractivity contribution is -0.112. The van der Waals surface area contributed by atoms with Crippen LogP contribution in [0.4, 0.5) is 4.39 Å². The second-order valence-corrected chi connectivity index (χ2v) is 6.76. The van der Waals surface area contributed by atoms with Gasteiger partial charge in [-0.05, 0) is 30.4 Å². The number of halogens is 1. The molecule has 2 heterocycles. The second-order valence-electron chi connectivity index (χ2n) is 5.12. The van der Waals surface area contributed by atoms with Gasteiger partial charge >= 0.3 is 0 Å². The molecule has 1 aliphatic rings. The number of rotatable bonds is 2. The van der Waals surface area contributed by atoms with E-state index >= 15 is 0 Å². The first-order chi connectivity index (χ1) is 11.6. The molecule has 7 heteroatoms. The highest BCUT2D eigenvalue weighted by Crippen LogP contribution is 2.35. The Kier molecular flexibility index (Phi) is 3.40. The van der Waals surface area contributed by atoms with Crippen LogP contribution in [0.3, 0.4) is 0 Å². The number of hydrogen-bond acceptors (Lipinski definition) is 4. The summed E-state index contributed by atoms with van der Waals surface area (Å²) in [6.07, 6.45) is 0. The molecule has 3 aromatic rings. The normalized spacial score (nSPS) is 13.0. The van der Waals surface area contributed by atoms with Gasteiger partial charge in [0.05, 0.1) is 16.6 Å². The van der Waals surface area contributed by atoms with Crippen LogP contribution in [0.1, 0.15) is 4.88 Å². The third-order valence-corrected chi connectivity index (χ3v) is 5.10. The minimum atomic E-state index is -0.513. The Morgan fingerprint density at radius 3 is 2.62 bits per heavy atom. The van der Waals surface area contributed by atoms with Crippen LogP contribution in [0.5, 0.6) is 5.88 Å². The zero-order chi connectivity index (χ0) is 16.8. The molecule has 1 N–H and O–H groups in total. The van der Waals surface area contributed by atoms with Crippen LogP contribution in [0, 0.1) is 9.77 Å². The van der Waals surface area contributed by atoms with Crippen LogP contribution >= 0.6 is 23.6 Å². The topological polar surface area (TPSA) is 54.6 Å². The number of amides is 1. The van der Waals surface area contributed by atoms with Crippen LogP contribution in [0.25, 0.3) is 11.3 Å². The molecule has 24 heavy (non-hydrogen) atoms. The van der Waals surface area contributed by atoms with Crippen LogP contribution in [-0.4, -0.2) is 15.6 Å². The van der Waals surface area contributed by atoms with Gasteiger partial charge in [-0.25, -0.2) is 9.38 Å². The summed E-state index contributed by atoms with van der Waals surface area (Å²) >= 11 is 6.33. The van der Waals surface area contributed by atoms with Gasteiger partial charge in [-0.1, -0.05) is 30.3 Å². The molecular weight excluding hydrogens is 347 g/mol. The highest BCUT2D eigenvalue weighted by atomic mass is 32.1. The van der Waals surface area contributed by atoms with E-state index in [4.69, 9.17) is 12.2 Å². The summed E-state index contributed by atoms with van der Waals surface area (Å²) in [6.45, 7) is 0. The van der Waals surface area contributed by atoms with Gasteiger partial charge in [0.25, 0.3) is 5.91 Å². The van der Waals surface area contributed by atoms with Crippen molar-refractivity contribution in [3.63, 3.8) is 0 Å². The van der Waals surface area contributed by atoms with E-state index in [1.54, 1.807) is 36.4 Å². The van der Waals surface area contributed by atoms with Gasteiger partial charge in [-0.3, -0.25) is 9.36 Å². The summed E-state index contributed by atoms with van der Waals surface area (Å²) in [7, 11) is 0. The van der Waals surface area contributed by atoms with Crippen molar-refractivity contribution in [2.45, 2.75) is 0 Å². The van der Waals surface area contributed by atoms with E-state index in [1.165, 1.54) is 16.7 Å². The zero-order valence-corrected chi connectivity index (χ0v) is 13.7. The number of benzene rings is 2. The van der Waals surface area contributed by atoms with Crippen molar-refractivity contribution in [2.75, 3.05) is 0 Å². The monoisotopic (exact) mass is 356 g/mol. The Hall–Kier alpha value is -2.64. The van der Waals surface area contributed by atoms with Crippen molar-refractivity contribution in [1.82, 2.24) is 4.57 Å². The van der Waals surface area contributed by atoms with Gasteiger partial charge in [0.15, 0.2) is 3.95 Å². The van der Waals surface area contributed by atoms with Gasteiger partial charge in [0, 0.05) is 5.22 Å². The molecule has 0 saturated heterocycles. The molecule has 0 radical (unpaired) electrons. The first-order valence-corrected chi connectivity index (χ1v) is 8.23. The highest BCUT2D eigenvalue weighted by molar-refractivity contribution is 7.73. The predicted molar refractivity (Wildman–Crippen MR) is 90.8 cm³/mol. The first kappa shape index (κ1) is 14.9. The molecular formula is C17H9FN2O2S2.